The van der Waals surface area contributed by atoms with E-state index in [1.807, 2.05) is 62.4 Å². The van der Waals surface area contributed by atoms with Gasteiger partial charge in [-0.2, -0.15) is 0 Å². The highest BCUT2D eigenvalue weighted by Crippen LogP contribution is 2.38. The van der Waals surface area contributed by atoms with Crippen molar-refractivity contribution in [2.45, 2.75) is 26.2 Å². The largest absolute Gasteiger partial charge is 0.508 e. The summed E-state index contributed by atoms with van der Waals surface area (Å²) in [4.78, 5) is 0. The third-order valence-electron chi connectivity index (χ3n) is 4.79. The molecule has 24 heavy (non-hydrogen) atoms. The molecule has 122 valence electrons. The van der Waals surface area contributed by atoms with E-state index in [4.69, 9.17) is 0 Å². The van der Waals surface area contributed by atoms with Gasteiger partial charge in [0.1, 0.15) is 5.75 Å². The molecular formula is C20H21BO3. The molecular weight excluding hydrogens is 299 g/mol. The van der Waals surface area contributed by atoms with E-state index in [2.05, 4.69) is 6.08 Å². The van der Waals surface area contributed by atoms with Crippen molar-refractivity contribution in [1.29, 1.82) is 0 Å². The second-order valence-electron chi connectivity index (χ2n) is 6.20. The van der Waals surface area contributed by atoms with Crippen LogP contribution in [0.5, 0.6) is 5.75 Å². The second-order valence-corrected chi connectivity index (χ2v) is 6.20. The molecule has 0 saturated heterocycles. The molecule has 2 aromatic carbocycles. The van der Waals surface area contributed by atoms with E-state index in [1.165, 1.54) is 0 Å². The minimum atomic E-state index is -1.73. The zero-order chi connectivity index (χ0) is 17.3. The van der Waals surface area contributed by atoms with Crippen LogP contribution in [-0.2, 0) is 0 Å². The van der Waals surface area contributed by atoms with Gasteiger partial charge in [-0.25, -0.2) is 0 Å². The van der Waals surface area contributed by atoms with E-state index in [0.717, 1.165) is 28.7 Å². The third kappa shape index (κ3) is 2.79. The molecule has 1 aliphatic rings. The quantitative estimate of drug-likeness (QED) is 0.762. The van der Waals surface area contributed by atoms with E-state index in [-0.39, 0.29) is 17.1 Å². The molecule has 0 aromatic heterocycles. The summed E-state index contributed by atoms with van der Waals surface area (Å²) < 4.78 is 0. The Hall–Kier alpha value is -2.30. The van der Waals surface area contributed by atoms with Gasteiger partial charge in [0.15, 0.2) is 0 Å². The lowest BCUT2D eigenvalue weighted by molar-refractivity contribution is 0.418. The Morgan fingerprint density at radius 2 is 1.71 bits per heavy atom. The van der Waals surface area contributed by atoms with Crippen LogP contribution in [-0.4, -0.2) is 22.3 Å². The molecule has 0 bridgehead atoms. The molecule has 3 rings (SSSR count). The number of hydrogen-bond donors (Lipinski definition) is 3. The van der Waals surface area contributed by atoms with Gasteiger partial charge in [-0.1, -0.05) is 54.6 Å². The van der Waals surface area contributed by atoms with Gasteiger partial charge in [0.05, 0.1) is 0 Å². The van der Waals surface area contributed by atoms with Crippen LogP contribution < -0.4 is 5.46 Å². The lowest BCUT2D eigenvalue weighted by Gasteiger charge is -2.25. The summed E-state index contributed by atoms with van der Waals surface area (Å²) in [5.74, 6) is 0.0212. The van der Waals surface area contributed by atoms with Crippen molar-refractivity contribution in [2.75, 3.05) is 0 Å². The van der Waals surface area contributed by atoms with Crippen LogP contribution in [0.25, 0.3) is 11.1 Å². The van der Waals surface area contributed by atoms with Crippen molar-refractivity contribution in [3.63, 3.8) is 0 Å². The first-order valence-electron chi connectivity index (χ1n) is 8.13. The number of aromatic hydroxyl groups is 1. The average molecular weight is 320 g/mol. The molecule has 1 unspecified atom stereocenters. The monoisotopic (exact) mass is 320 g/mol. The zero-order valence-electron chi connectivity index (χ0n) is 13.9. The van der Waals surface area contributed by atoms with E-state index in [0.29, 0.717) is 5.56 Å². The van der Waals surface area contributed by atoms with E-state index in [9.17, 15) is 15.2 Å². The lowest BCUT2D eigenvalue weighted by Crippen LogP contribution is -2.34. The van der Waals surface area contributed by atoms with E-state index >= 15 is 0 Å². The predicted molar refractivity (Wildman–Crippen MR) is 98.5 cm³/mol. The number of rotatable bonds is 3. The summed E-state index contributed by atoms with van der Waals surface area (Å²) in [6.07, 6.45) is 8.82. The summed E-state index contributed by atoms with van der Waals surface area (Å²) in [6.45, 7) is 3.95. The number of phenols is 1. The first-order valence-corrected chi connectivity index (χ1v) is 8.13. The van der Waals surface area contributed by atoms with Gasteiger partial charge in [-0.15, -0.1) is 0 Å². The van der Waals surface area contributed by atoms with Crippen LogP contribution in [0.15, 0.2) is 54.6 Å². The summed E-state index contributed by atoms with van der Waals surface area (Å²) in [7, 11) is -1.73. The van der Waals surface area contributed by atoms with Gasteiger partial charge in [0.2, 0.25) is 0 Å². The Kier molecular flexibility index (Phi) is 4.61. The van der Waals surface area contributed by atoms with Gasteiger partial charge in [-0.05, 0) is 42.5 Å². The fourth-order valence-electron chi connectivity index (χ4n) is 3.51. The maximum Gasteiger partial charge on any atom is 0.492 e. The maximum absolute atomic E-state index is 10.9. The van der Waals surface area contributed by atoms with Crippen molar-refractivity contribution >= 4 is 12.6 Å². The van der Waals surface area contributed by atoms with Crippen molar-refractivity contribution in [2.24, 2.45) is 0 Å². The van der Waals surface area contributed by atoms with E-state index < -0.39 is 7.12 Å². The fourth-order valence-corrected chi connectivity index (χ4v) is 3.51. The Morgan fingerprint density at radius 1 is 1.00 bits per heavy atom. The van der Waals surface area contributed by atoms with Crippen molar-refractivity contribution in [3.05, 3.63) is 71.3 Å². The molecule has 0 fully saturated rings. The standard InChI is InChI=1S/C20H21BO3/c1-13-14(2)18(16-11-7-4-8-12-16)20(22)19(21(23)24)17(13)15-9-5-3-6-10-15/h3-11,16,22-24H,12H2,1-2H3. The predicted octanol–water partition coefficient (Wildman–Crippen LogP) is 2.96. The number of benzene rings is 2. The Balaban J connectivity index is 2.29. The van der Waals surface area contributed by atoms with Crippen LogP contribution in [0.3, 0.4) is 0 Å². The molecule has 0 saturated carbocycles. The van der Waals surface area contributed by atoms with Crippen molar-refractivity contribution < 1.29 is 15.2 Å². The van der Waals surface area contributed by atoms with Crippen molar-refractivity contribution in [1.82, 2.24) is 0 Å². The smallest absolute Gasteiger partial charge is 0.492 e. The van der Waals surface area contributed by atoms with E-state index in [1.54, 1.807) is 0 Å². The lowest BCUT2D eigenvalue weighted by atomic mass is 9.69. The Bertz CT molecular complexity index is 808. The number of allylic oxidation sites excluding steroid dienone is 4. The normalized spacial score (nSPS) is 16.4. The molecule has 4 heteroatoms. The zero-order valence-corrected chi connectivity index (χ0v) is 13.9. The minimum Gasteiger partial charge on any atom is -0.508 e. The molecule has 2 aromatic rings. The highest BCUT2D eigenvalue weighted by atomic mass is 16.4. The van der Waals surface area contributed by atoms with Crippen LogP contribution in [0.1, 0.15) is 29.0 Å². The van der Waals surface area contributed by atoms with Gasteiger partial charge >= 0.3 is 7.12 Å². The van der Waals surface area contributed by atoms with Gasteiger partial charge < -0.3 is 15.2 Å². The minimum absolute atomic E-state index is 0.0168. The molecule has 1 aliphatic carbocycles. The Morgan fingerprint density at radius 3 is 2.29 bits per heavy atom. The molecule has 3 N–H and O–H groups in total. The summed E-state index contributed by atoms with van der Waals surface area (Å²) in [6, 6.07) is 9.54. The molecule has 1 atom stereocenters. The molecule has 0 radical (unpaired) electrons. The highest BCUT2D eigenvalue weighted by Gasteiger charge is 2.29. The third-order valence-corrected chi connectivity index (χ3v) is 4.79. The molecule has 0 heterocycles. The second kappa shape index (κ2) is 6.67. The highest BCUT2D eigenvalue weighted by molar-refractivity contribution is 6.62. The van der Waals surface area contributed by atoms with Gasteiger partial charge in [-0.3, -0.25) is 0 Å². The fraction of sp³-hybridized carbons (Fsp3) is 0.200. The van der Waals surface area contributed by atoms with Crippen LogP contribution in [0.4, 0.5) is 0 Å². The van der Waals surface area contributed by atoms with Gasteiger partial charge in [0, 0.05) is 16.9 Å². The number of hydrogen-bond acceptors (Lipinski definition) is 3. The molecule has 0 aliphatic heterocycles. The molecule has 3 nitrogen and oxygen atoms in total. The number of phenolic OH excluding ortho intramolecular Hbond substituents is 1. The van der Waals surface area contributed by atoms with Crippen LogP contribution >= 0.6 is 0 Å². The Labute approximate surface area is 142 Å². The molecule has 0 spiro atoms. The topological polar surface area (TPSA) is 60.7 Å². The van der Waals surface area contributed by atoms with Crippen LogP contribution in [0, 0.1) is 13.8 Å². The van der Waals surface area contributed by atoms with Crippen molar-refractivity contribution in [3.8, 4) is 16.9 Å². The summed E-state index contributed by atoms with van der Waals surface area (Å²) >= 11 is 0. The SMILES string of the molecule is Cc1c(C)c(C2C=CC=CC2)c(O)c(B(O)O)c1-c1ccccc1. The first kappa shape index (κ1) is 16.6. The molecule has 0 amide bonds. The summed E-state index contributed by atoms with van der Waals surface area (Å²) in [5.41, 5.74) is 4.46. The maximum atomic E-state index is 10.9. The summed E-state index contributed by atoms with van der Waals surface area (Å²) in [5, 5.41) is 30.8. The first-order chi connectivity index (χ1) is 11.5. The average Bonchev–Trinajstić information content (AvgIpc) is 2.59. The van der Waals surface area contributed by atoms with Gasteiger partial charge in [0.25, 0.3) is 0 Å². The van der Waals surface area contributed by atoms with Crippen LogP contribution in [0.2, 0.25) is 0 Å².